The van der Waals surface area contributed by atoms with Crippen molar-refractivity contribution < 1.29 is 23.1 Å². The molecule has 4 aromatic rings. The molecular formula is C27H20F2N2O3. The lowest BCUT2D eigenvalue weighted by atomic mass is 10.1. The zero-order valence-corrected chi connectivity index (χ0v) is 18.1. The number of halogens is 2. The van der Waals surface area contributed by atoms with E-state index in [2.05, 4.69) is 10.6 Å². The molecule has 5 nitrogen and oxygen atoms in total. The van der Waals surface area contributed by atoms with Crippen LogP contribution in [0.4, 0.5) is 20.2 Å². The van der Waals surface area contributed by atoms with E-state index in [-0.39, 0.29) is 11.1 Å². The molecule has 0 aliphatic rings. The van der Waals surface area contributed by atoms with E-state index in [1.54, 1.807) is 24.3 Å². The summed E-state index contributed by atoms with van der Waals surface area (Å²) in [6.07, 6.45) is 0. The molecule has 0 atom stereocenters. The summed E-state index contributed by atoms with van der Waals surface area (Å²) in [7, 11) is 0. The van der Waals surface area contributed by atoms with E-state index in [9.17, 15) is 18.4 Å². The van der Waals surface area contributed by atoms with Crippen molar-refractivity contribution in [1.82, 2.24) is 0 Å². The molecule has 4 rings (SSSR count). The molecule has 0 aliphatic carbocycles. The molecule has 0 saturated carbocycles. The number of amides is 2. The van der Waals surface area contributed by atoms with Crippen molar-refractivity contribution in [2.45, 2.75) is 6.92 Å². The largest absolute Gasteiger partial charge is 0.457 e. The molecule has 0 spiro atoms. The lowest BCUT2D eigenvalue weighted by Crippen LogP contribution is -2.14. The monoisotopic (exact) mass is 458 g/mol. The van der Waals surface area contributed by atoms with Gasteiger partial charge in [-0.25, -0.2) is 8.78 Å². The third-order valence-electron chi connectivity index (χ3n) is 4.96. The average Bonchev–Trinajstić information content (AvgIpc) is 2.81. The molecule has 0 fully saturated rings. The summed E-state index contributed by atoms with van der Waals surface area (Å²) < 4.78 is 32.4. The maximum absolute atomic E-state index is 13.2. The number of para-hydroxylation sites is 1. The van der Waals surface area contributed by atoms with Crippen LogP contribution in [0.1, 0.15) is 26.3 Å². The Balaban J connectivity index is 1.63. The smallest absolute Gasteiger partial charge is 0.255 e. The van der Waals surface area contributed by atoms with Crippen LogP contribution in [0, 0.1) is 18.6 Å². The van der Waals surface area contributed by atoms with Gasteiger partial charge in [0.15, 0.2) is 0 Å². The van der Waals surface area contributed by atoms with Gasteiger partial charge in [0, 0.05) is 34.6 Å². The fourth-order valence-corrected chi connectivity index (χ4v) is 3.21. The highest BCUT2D eigenvalue weighted by molar-refractivity contribution is 6.06. The minimum Gasteiger partial charge on any atom is -0.457 e. The molecule has 7 heteroatoms. The highest BCUT2D eigenvalue weighted by Gasteiger charge is 2.12. The molecule has 2 N–H and O–H groups in total. The molecule has 0 saturated heterocycles. The highest BCUT2D eigenvalue weighted by atomic mass is 19.1. The van der Waals surface area contributed by atoms with E-state index >= 15 is 0 Å². The standard InChI is InChI=1S/C27H20F2N2O3/c1-17-4-2-3-5-25(17)34-24-15-22(30-26(32)18-6-10-20(28)11-7-18)14-23(16-24)31-27(33)19-8-12-21(29)13-9-19/h2-16H,1H3,(H,30,32)(H,31,33). The average molecular weight is 458 g/mol. The van der Waals surface area contributed by atoms with E-state index in [1.165, 1.54) is 48.5 Å². The molecule has 0 aromatic heterocycles. The zero-order chi connectivity index (χ0) is 24.1. The van der Waals surface area contributed by atoms with E-state index in [0.29, 0.717) is 22.9 Å². The van der Waals surface area contributed by atoms with Crippen molar-refractivity contribution in [2.75, 3.05) is 10.6 Å². The van der Waals surface area contributed by atoms with Crippen molar-refractivity contribution in [3.63, 3.8) is 0 Å². The third kappa shape index (κ3) is 5.63. The van der Waals surface area contributed by atoms with Gasteiger partial charge >= 0.3 is 0 Å². The second kappa shape index (κ2) is 9.95. The Kier molecular flexibility index (Phi) is 6.64. The van der Waals surface area contributed by atoms with Crippen LogP contribution in [-0.2, 0) is 0 Å². The van der Waals surface area contributed by atoms with E-state index < -0.39 is 23.4 Å². The predicted octanol–water partition coefficient (Wildman–Crippen LogP) is 6.57. The van der Waals surface area contributed by atoms with Gasteiger partial charge in [-0.3, -0.25) is 9.59 Å². The maximum atomic E-state index is 13.2. The predicted molar refractivity (Wildman–Crippen MR) is 126 cm³/mol. The lowest BCUT2D eigenvalue weighted by molar-refractivity contribution is 0.101. The lowest BCUT2D eigenvalue weighted by Gasteiger charge is -2.14. The molecule has 0 aliphatic heterocycles. The summed E-state index contributed by atoms with van der Waals surface area (Å²) >= 11 is 0. The van der Waals surface area contributed by atoms with E-state index in [4.69, 9.17) is 4.74 Å². The van der Waals surface area contributed by atoms with Gasteiger partial charge in [0.2, 0.25) is 0 Å². The fourth-order valence-electron chi connectivity index (χ4n) is 3.21. The van der Waals surface area contributed by atoms with Crippen LogP contribution in [-0.4, -0.2) is 11.8 Å². The molecule has 0 radical (unpaired) electrons. The number of aryl methyl sites for hydroxylation is 1. The molecule has 34 heavy (non-hydrogen) atoms. The molecule has 170 valence electrons. The SMILES string of the molecule is Cc1ccccc1Oc1cc(NC(=O)c2ccc(F)cc2)cc(NC(=O)c2ccc(F)cc2)c1. The topological polar surface area (TPSA) is 67.4 Å². The first-order valence-corrected chi connectivity index (χ1v) is 10.4. The number of carbonyl (C=O) groups excluding carboxylic acids is 2. The van der Waals surface area contributed by atoms with Gasteiger partial charge in [0.1, 0.15) is 23.1 Å². The van der Waals surface area contributed by atoms with Gasteiger partial charge in [0.05, 0.1) is 0 Å². The van der Waals surface area contributed by atoms with Crippen LogP contribution in [0.2, 0.25) is 0 Å². The van der Waals surface area contributed by atoms with Crippen LogP contribution >= 0.6 is 0 Å². The quantitative estimate of drug-likeness (QED) is 0.343. The Morgan fingerprint density at radius 3 is 1.62 bits per heavy atom. The van der Waals surface area contributed by atoms with Crippen LogP contribution in [0.25, 0.3) is 0 Å². The summed E-state index contributed by atoms with van der Waals surface area (Å²) in [6.45, 7) is 1.90. The van der Waals surface area contributed by atoms with Gasteiger partial charge in [0.25, 0.3) is 11.8 Å². The first kappa shape index (κ1) is 22.7. The number of carbonyl (C=O) groups is 2. The molecule has 0 unspecified atom stereocenters. The molecule has 2 amide bonds. The molecular weight excluding hydrogens is 438 g/mol. The number of ether oxygens (including phenoxy) is 1. The van der Waals surface area contributed by atoms with E-state index in [0.717, 1.165) is 5.56 Å². The summed E-state index contributed by atoms with van der Waals surface area (Å²) in [6, 6.07) is 22.5. The van der Waals surface area contributed by atoms with Crippen LogP contribution < -0.4 is 15.4 Å². The van der Waals surface area contributed by atoms with Gasteiger partial charge in [-0.2, -0.15) is 0 Å². The van der Waals surface area contributed by atoms with Crippen molar-refractivity contribution in [2.24, 2.45) is 0 Å². The second-order valence-electron chi connectivity index (χ2n) is 7.54. The number of rotatable bonds is 6. The van der Waals surface area contributed by atoms with Crippen LogP contribution in [0.15, 0.2) is 91.0 Å². The normalized spacial score (nSPS) is 10.4. The van der Waals surface area contributed by atoms with Gasteiger partial charge in [-0.1, -0.05) is 18.2 Å². The second-order valence-corrected chi connectivity index (χ2v) is 7.54. The van der Waals surface area contributed by atoms with Crippen LogP contribution in [0.5, 0.6) is 11.5 Å². The number of anilines is 2. The van der Waals surface area contributed by atoms with Gasteiger partial charge < -0.3 is 15.4 Å². The van der Waals surface area contributed by atoms with Crippen molar-refractivity contribution in [3.8, 4) is 11.5 Å². The number of nitrogens with one attached hydrogen (secondary N) is 2. The minimum atomic E-state index is -0.455. The van der Waals surface area contributed by atoms with Gasteiger partial charge in [-0.15, -0.1) is 0 Å². The zero-order valence-electron chi connectivity index (χ0n) is 18.1. The first-order valence-electron chi connectivity index (χ1n) is 10.4. The molecule has 0 heterocycles. The van der Waals surface area contributed by atoms with Crippen molar-refractivity contribution >= 4 is 23.2 Å². The Labute approximate surface area is 195 Å². The molecule has 4 aromatic carbocycles. The fraction of sp³-hybridized carbons (Fsp3) is 0.0370. The Bertz CT molecular complexity index is 1260. The van der Waals surface area contributed by atoms with Gasteiger partial charge in [-0.05, 0) is 73.2 Å². The summed E-state index contributed by atoms with van der Waals surface area (Å²) in [4.78, 5) is 25.3. The summed E-state index contributed by atoms with van der Waals surface area (Å²) in [5, 5.41) is 5.47. The Morgan fingerprint density at radius 2 is 1.15 bits per heavy atom. The number of benzene rings is 4. The van der Waals surface area contributed by atoms with E-state index in [1.807, 2.05) is 25.1 Å². The Morgan fingerprint density at radius 1 is 0.676 bits per heavy atom. The van der Waals surface area contributed by atoms with Crippen molar-refractivity contribution in [3.05, 3.63) is 119 Å². The first-order chi connectivity index (χ1) is 16.4. The minimum absolute atomic E-state index is 0.267. The van der Waals surface area contributed by atoms with Crippen LogP contribution in [0.3, 0.4) is 0 Å². The Hall–Kier alpha value is -4.52. The third-order valence-corrected chi connectivity index (χ3v) is 4.96. The maximum Gasteiger partial charge on any atom is 0.255 e. The number of hydrogen-bond acceptors (Lipinski definition) is 3. The van der Waals surface area contributed by atoms with Crippen molar-refractivity contribution in [1.29, 1.82) is 0 Å². The number of hydrogen-bond donors (Lipinski definition) is 2. The molecule has 0 bridgehead atoms. The highest BCUT2D eigenvalue weighted by Crippen LogP contribution is 2.31. The summed E-state index contributed by atoms with van der Waals surface area (Å²) in [5.41, 5.74) is 2.15. The summed E-state index contributed by atoms with van der Waals surface area (Å²) in [5.74, 6) is -0.819.